The SMILES string of the molecule is CCC1(C(=O)O)CCCN1C(=O)c1sc(C)nc1C. The van der Waals surface area contributed by atoms with Gasteiger partial charge in [-0.1, -0.05) is 6.92 Å². The summed E-state index contributed by atoms with van der Waals surface area (Å²) in [4.78, 5) is 30.5. The first kappa shape index (κ1) is 14.0. The fourth-order valence-electron chi connectivity index (χ4n) is 2.77. The van der Waals surface area contributed by atoms with Crippen LogP contribution in [0.4, 0.5) is 0 Å². The Labute approximate surface area is 116 Å². The molecule has 0 aromatic carbocycles. The predicted octanol–water partition coefficient (Wildman–Crippen LogP) is 2.23. The number of carboxylic acid groups (broad SMARTS) is 1. The molecule has 0 bridgehead atoms. The van der Waals surface area contributed by atoms with Crippen LogP contribution in [0.25, 0.3) is 0 Å². The van der Waals surface area contributed by atoms with E-state index in [1.54, 1.807) is 6.92 Å². The number of aliphatic carboxylic acids is 1. The highest BCUT2D eigenvalue weighted by molar-refractivity contribution is 7.13. The number of rotatable bonds is 3. The van der Waals surface area contributed by atoms with Gasteiger partial charge in [0.05, 0.1) is 10.7 Å². The van der Waals surface area contributed by atoms with E-state index in [2.05, 4.69) is 4.98 Å². The molecule has 1 aliphatic rings. The molecule has 1 unspecified atom stereocenters. The van der Waals surface area contributed by atoms with Crippen LogP contribution in [-0.4, -0.2) is 39.0 Å². The Morgan fingerprint density at radius 3 is 2.63 bits per heavy atom. The number of amides is 1. The molecule has 0 saturated carbocycles. The Kier molecular flexibility index (Phi) is 3.62. The highest BCUT2D eigenvalue weighted by atomic mass is 32.1. The Morgan fingerprint density at radius 2 is 2.16 bits per heavy atom. The molecule has 2 rings (SSSR count). The standard InChI is InChI=1S/C13H18N2O3S/c1-4-13(12(17)18)6-5-7-15(13)11(16)10-8(2)14-9(3)19-10/h4-7H2,1-3H3,(H,17,18). The Bertz CT molecular complexity index is 526. The number of carboxylic acids is 1. The van der Waals surface area contributed by atoms with E-state index in [0.717, 1.165) is 11.4 Å². The zero-order valence-corrected chi connectivity index (χ0v) is 12.2. The van der Waals surface area contributed by atoms with Gasteiger partial charge in [-0.2, -0.15) is 0 Å². The Morgan fingerprint density at radius 1 is 1.47 bits per heavy atom. The highest BCUT2D eigenvalue weighted by Crippen LogP contribution is 2.35. The lowest BCUT2D eigenvalue weighted by Gasteiger charge is -2.33. The number of nitrogens with zero attached hydrogens (tertiary/aromatic N) is 2. The minimum absolute atomic E-state index is 0.190. The van der Waals surface area contributed by atoms with Crippen molar-refractivity contribution in [3.8, 4) is 0 Å². The third kappa shape index (κ3) is 2.14. The second-order valence-corrected chi connectivity index (χ2v) is 6.10. The molecule has 1 atom stereocenters. The zero-order chi connectivity index (χ0) is 14.2. The van der Waals surface area contributed by atoms with E-state index in [1.165, 1.54) is 16.2 Å². The smallest absolute Gasteiger partial charge is 0.329 e. The van der Waals surface area contributed by atoms with Gasteiger partial charge in [0, 0.05) is 6.54 Å². The van der Waals surface area contributed by atoms with E-state index in [4.69, 9.17) is 0 Å². The highest BCUT2D eigenvalue weighted by Gasteiger charge is 2.49. The molecule has 1 saturated heterocycles. The largest absolute Gasteiger partial charge is 0.479 e. The summed E-state index contributed by atoms with van der Waals surface area (Å²) >= 11 is 1.34. The van der Waals surface area contributed by atoms with E-state index in [-0.39, 0.29) is 5.91 Å². The van der Waals surface area contributed by atoms with Gasteiger partial charge in [-0.3, -0.25) is 4.79 Å². The van der Waals surface area contributed by atoms with Crippen molar-refractivity contribution >= 4 is 23.2 Å². The first-order chi connectivity index (χ1) is 8.92. The topological polar surface area (TPSA) is 70.5 Å². The summed E-state index contributed by atoms with van der Waals surface area (Å²) < 4.78 is 0. The number of aryl methyl sites for hydroxylation is 2. The molecule has 1 aromatic rings. The van der Waals surface area contributed by atoms with Gasteiger partial charge in [-0.25, -0.2) is 9.78 Å². The predicted molar refractivity (Wildman–Crippen MR) is 72.5 cm³/mol. The summed E-state index contributed by atoms with van der Waals surface area (Å²) in [5.74, 6) is -1.09. The third-order valence-electron chi connectivity index (χ3n) is 3.81. The van der Waals surface area contributed by atoms with Crippen LogP contribution in [-0.2, 0) is 4.79 Å². The fourth-order valence-corrected chi connectivity index (χ4v) is 3.64. The van der Waals surface area contributed by atoms with Crippen molar-refractivity contribution in [2.24, 2.45) is 0 Å². The van der Waals surface area contributed by atoms with Gasteiger partial charge >= 0.3 is 5.97 Å². The minimum Gasteiger partial charge on any atom is -0.479 e. The van der Waals surface area contributed by atoms with Crippen LogP contribution in [0.1, 0.15) is 46.6 Å². The van der Waals surface area contributed by atoms with Gasteiger partial charge in [0.2, 0.25) is 0 Å². The number of carbonyl (C=O) groups excluding carboxylic acids is 1. The lowest BCUT2D eigenvalue weighted by atomic mass is 9.93. The normalized spacial score (nSPS) is 22.8. The average Bonchev–Trinajstić information content (AvgIpc) is 2.92. The van der Waals surface area contributed by atoms with Crippen LogP contribution in [0, 0.1) is 13.8 Å². The van der Waals surface area contributed by atoms with Gasteiger partial charge < -0.3 is 10.0 Å². The maximum atomic E-state index is 12.6. The van der Waals surface area contributed by atoms with Gasteiger partial charge in [-0.05, 0) is 33.1 Å². The number of thiazole rings is 1. The molecule has 1 fully saturated rings. The van der Waals surface area contributed by atoms with Gasteiger partial charge in [0.15, 0.2) is 0 Å². The Hall–Kier alpha value is -1.43. The number of carbonyl (C=O) groups is 2. The molecular formula is C13H18N2O3S. The van der Waals surface area contributed by atoms with Crippen molar-refractivity contribution < 1.29 is 14.7 Å². The van der Waals surface area contributed by atoms with Gasteiger partial charge in [-0.15, -0.1) is 11.3 Å². The fraction of sp³-hybridized carbons (Fsp3) is 0.615. The lowest BCUT2D eigenvalue weighted by Crippen LogP contribution is -2.52. The summed E-state index contributed by atoms with van der Waals surface area (Å²) in [6, 6.07) is 0. The third-order valence-corrected chi connectivity index (χ3v) is 4.88. The molecule has 0 radical (unpaired) electrons. The zero-order valence-electron chi connectivity index (χ0n) is 11.4. The molecule has 19 heavy (non-hydrogen) atoms. The molecule has 1 aliphatic heterocycles. The molecule has 1 amide bonds. The number of likely N-dealkylation sites (tertiary alicyclic amines) is 1. The van der Waals surface area contributed by atoms with Crippen molar-refractivity contribution in [3.63, 3.8) is 0 Å². The first-order valence-corrected chi connectivity index (χ1v) is 7.23. The molecule has 6 heteroatoms. The van der Waals surface area contributed by atoms with Crippen molar-refractivity contribution in [2.75, 3.05) is 6.54 Å². The van der Waals surface area contributed by atoms with Crippen LogP contribution < -0.4 is 0 Å². The number of hydrogen-bond donors (Lipinski definition) is 1. The summed E-state index contributed by atoms with van der Waals surface area (Å²) in [7, 11) is 0. The number of aromatic nitrogens is 1. The van der Waals surface area contributed by atoms with Crippen molar-refractivity contribution in [2.45, 2.75) is 45.6 Å². The molecule has 0 aliphatic carbocycles. The molecule has 2 heterocycles. The average molecular weight is 282 g/mol. The molecule has 1 aromatic heterocycles. The monoisotopic (exact) mass is 282 g/mol. The molecule has 1 N–H and O–H groups in total. The van der Waals surface area contributed by atoms with Gasteiger partial charge in [0.25, 0.3) is 5.91 Å². The minimum atomic E-state index is -1.04. The molecule has 104 valence electrons. The van der Waals surface area contributed by atoms with E-state index >= 15 is 0 Å². The maximum absolute atomic E-state index is 12.6. The lowest BCUT2D eigenvalue weighted by molar-refractivity contribution is -0.148. The second-order valence-electron chi connectivity index (χ2n) is 4.90. The number of hydrogen-bond acceptors (Lipinski definition) is 4. The van der Waals surface area contributed by atoms with Crippen molar-refractivity contribution in [1.29, 1.82) is 0 Å². The molecule has 5 nitrogen and oxygen atoms in total. The van der Waals surface area contributed by atoms with E-state index in [0.29, 0.717) is 30.0 Å². The molecular weight excluding hydrogens is 264 g/mol. The van der Waals surface area contributed by atoms with Crippen molar-refractivity contribution in [3.05, 3.63) is 15.6 Å². The van der Waals surface area contributed by atoms with Crippen LogP contribution in [0.3, 0.4) is 0 Å². The maximum Gasteiger partial charge on any atom is 0.329 e. The van der Waals surface area contributed by atoms with Crippen LogP contribution >= 0.6 is 11.3 Å². The van der Waals surface area contributed by atoms with Crippen molar-refractivity contribution in [1.82, 2.24) is 9.88 Å². The quantitative estimate of drug-likeness (QED) is 0.923. The first-order valence-electron chi connectivity index (χ1n) is 6.41. The Balaban J connectivity index is 2.38. The van der Waals surface area contributed by atoms with E-state index in [9.17, 15) is 14.7 Å². The summed E-state index contributed by atoms with van der Waals surface area (Å²) in [5.41, 5.74) is -0.351. The second kappa shape index (κ2) is 4.92. The summed E-state index contributed by atoms with van der Waals surface area (Å²) in [6.45, 7) is 5.98. The molecule has 0 spiro atoms. The van der Waals surface area contributed by atoms with Crippen LogP contribution in [0.15, 0.2) is 0 Å². The van der Waals surface area contributed by atoms with Crippen LogP contribution in [0.5, 0.6) is 0 Å². The van der Waals surface area contributed by atoms with Gasteiger partial charge in [0.1, 0.15) is 10.4 Å². The summed E-state index contributed by atoms with van der Waals surface area (Å²) in [5, 5.41) is 10.3. The summed E-state index contributed by atoms with van der Waals surface area (Å²) in [6.07, 6.45) is 1.70. The van der Waals surface area contributed by atoms with Crippen LogP contribution in [0.2, 0.25) is 0 Å². The van der Waals surface area contributed by atoms with E-state index in [1.807, 2.05) is 13.8 Å². The van der Waals surface area contributed by atoms with E-state index < -0.39 is 11.5 Å².